The van der Waals surface area contributed by atoms with E-state index in [1.54, 1.807) is 31.3 Å². The van der Waals surface area contributed by atoms with Crippen LogP contribution in [0.3, 0.4) is 0 Å². The molecule has 1 aliphatic rings. The number of aliphatic hydroxyl groups excluding tert-OH is 1. The molecule has 0 saturated heterocycles. The Bertz CT molecular complexity index is 1100. The number of ether oxygens (including phenoxy) is 3. The van der Waals surface area contributed by atoms with Crippen LogP contribution in [0.2, 0.25) is 0 Å². The van der Waals surface area contributed by atoms with Crippen molar-refractivity contribution in [1.29, 1.82) is 0 Å². The van der Waals surface area contributed by atoms with Gasteiger partial charge in [0.1, 0.15) is 6.61 Å². The Hall–Kier alpha value is -3.09. The number of hydrogen-bond acceptors (Lipinski definition) is 9. The number of rotatable bonds is 10. The highest BCUT2D eigenvalue weighted by Gasteiger charge is 2.32. The highest BCUT2D eigenvalue weighted by atomic mass is 79.9. The van der Waals surface area contributed by atoms with Crippen LogP contribution in [0, 0.1) is 0 Å². The second-order valence-corrected chi connectivity index (χ2v) is 8.85. The zero-order valence-electron chi connectivity index (χ0n) is 18.8. The number of allylic oxidation sites excluding steroid dienone is 1. The minimum absolute atomic E-state index is 0.0983. The normalized spacial score (nSPS) is 16.6. The first-order chi connectivity index (χ1) is 16.3. The summed E-state index contributed by atoms with van der Waals surface area (Å²) in [6, 6.07) is 5.78. The van der Waals surface area contributed by atoms with E-state index in [2.05, 4.69) is 37.1 Å². The molecule has 2 amide bonds. The van der Waals surface area contributed by atoms with Gasteiger partial charge in [-0.1, -0.05) is 6.07 Å². The third kappa shape index (κ3) is 6.27. The molecule has 0 spiro atoms. The maximum atomic E-state index is 12.3. The van der Waals surface area contributed by atoms with Gasteiger partial charge in [0.25, 0.3) is 0 Å². The smallest absolute Gasteiger partial charge is 0.337 e. The number of carbonyl (C=O) groups is 2. The summed E-state index contributed by atoms with van der Waals surface area (Å²) in [5, 5.41) is 21.4. The molecular formula is C22H25BrN4O6S. The van der Waals surface area contributed by atoms with E-state index in [-0.39, 0.29) is 12.2 Å². The summed E-state index contributed by atoms with van der Waals surface area (Å²) < 4.78 is 17.2. The standard InChI is InChI=1S/C22H25BrN4O6S/c1-4-32-16-9-13(20-19(21(29)31-3)12(2)25-22(30)26-20)5-6-15(16)33-11-18(28)27-24-10-17-14(23)7-8-34-17/h5-10,18,20,27-28H,4,11H2,1-3H3,(H2,25,26,30)/b24-10-/t18-,20-/m0/s1. The Balaban J connectivity index is 1.73. The first-order valence-corrected chi connectivity index (χ1v) is 12.0. The second kappa shape index (κ2) is 11.9. The molecule has 0 saturated carbocycles. The number of aliphatic hydroxyl groups is 1. The maximum Gasteiger partial charge on any atom is 0.337 e. The van der Waals surface area contributed by atoms with E-state index >= 15 is 0 Å². The van der Waals surface area contributed by atoms with E-state index in [4.69, 9.17) is 14.2 Å². The molecule has 2 aromatic rings. The number of benzene rings is 1. The number of nitrogens with zero attached hydrogens (tertiary/aromatic N) is 1. The Labute approximate surface area is 209 Å². The Morgan fingerprint density at radius 2 is 2.15 bits per heavy atom. The van der Waals surface area contributed by atoms with Crippen molar-refractivity contribution in [2.75, 3.05) is 20.3 Å². The third-order valence-electron chi connectivity index (χ3n) is 4.72. The van der Waals surface area contributed by atoms with Crippen LogP contribution in [-0.4, -0.2) is 49.9 Å². The summed E-state index contributed by atoms with van der Waals surface area (Å²) in [5.74, 6) is 0.225. The predicted octanol–water partition coefficient (Wildman–Crippen LogP) is 3.03. The fourth-order valence-electron chi connectivity index (χ4n) is 3.20. The van der Waals surface area contributed by atoms with E-state index < -0.39 is 24.3 Å². The summed E-state index contributed by atoms with van der Waals surface area (Å²) >= 11 is 4.92. The van der Waals surface area contributed by atoms with Crippen molar-refractivity contribution in [1.82, 2.24) is 16.1 Å². The second-order valence-electron chi connectivity index (χ2n) is 7.05. The fraction of sp³-hybridized carbons (Fsp3) is 0.318. The molecule has 2 heterocycles. The number of esters is 1. The lowest BCUT2D eigenvalue weighted by atomic mass is 9.95. The lowest BCUT2D eigenvalue weighted by Gasteiger charge is -2.28. The van der Waals surface area contributed by atoms with Crippen LogP contribution < -0.4 is 25.5 Å². The quantitative estimate of drug-likeness (QED) is 0.154. The average molecular weight is 553 g/mol. The van der Waals surface area contributed by atoms with Gasteiger partial charge in [-0.2, -0.15) is 5.10 Å². The average Bonchev–Trinajstić information content (AvgIpc) is 3.22. The van der Waals surface area contributed by atoms with E-state index in [0.29, 0.717) is 29.4 Å². The first kappa shape index (κ1) is 25.5. The molecule has 34 heavy (non-hydrogen) atoms. The molecule has 10 nitrogen and oxygen atoms in total. The summed E-state index contributed by atoms with van der Waals surface area (Å²) in [6.07, 6.45) is 0.532. The summed E-state index contributed by atoms with van der Waals surface area (Å²) in [7, 11) is 1.28. The van der Waals surface area contributed by atoms with Crippen molar-refractivity contribution >= 4 is 45.5 Å². The fourth-order valence-corrected chi connectivity index (χ4v) is 4.54. The number of amides is 2. The van der Waals surface area contributed by atoms with Crippen LogP contribution in [0.4, 0.5) is 4.79 Å². The highest BCUT2D eigenvalue weighted by Crippen LogP contribution is 2.34. The predicted molar refractivity (Wildman–Crippen MR) is 131 cm³/mol. The number of urea groups is 1. The molecule has 1 aromatic carbocycles. The molecule has 2 atom stereocenters. The molecule has 3 rings (SSSR count). The lowest BCUT2D eigenvalue weighted by molar-refractivity contribution is -0.136. The molecule has 1 aromatic heterocycles. The number of carbonyl (C=O) groups excluding carboxylic acids is 2. The molecule has 0 radical (unpaired) electrons. The van der Waals surface area contributed by atoms with Crippen molar-refractivity contribution in [3.63, 3.8) is 0 Å². The Morgan fingerprint density at radius 3 is 2.82 bits per heavy atom. The number of thiophene rings is 1. The van der Waals surface area contributed by atoms with Crippen LogP contribution in [-0.2, 0) is 9.53 Å². The number of hydrogen-bond donors (Lipinski definition) is 4. The van der Waals surface area contributed by atoms with Gasteiger partial charge in [-0.15, -0.1) is 11.3 Å². The Morgan fingerprint density at radius 1 is 1.35 bits per heavy atom. The van der Waals surface area contributed by atoms with Crippen molar-refractivity contribution < 1.29 is 28.9 Å². The van der Waals surface area contributed by atoms with Crippen LogP contribution in [0.5, 0.6) is 11.5 Å². The molecule has 0 aliphatic carbocycles. The van der Waals surface area contributed by atoms with Gasteiger partial charge in [0.05, 0.1) is 36.4 Å². The first-order valence-electron chi connectivity index (χ1n) is 10.3. The molecule has 4 N–H and O–H groups in total. The zero-order chi connectivity index (χ0) is 24.7. The van der Waals surface area contributed by atoms with Gasteiger partial charge >= 0.3 is 12.0 Å². The van der Waals surface area contributed by atoms with Crippen LogP contribution in [0.15, 0.2) is 50.5 Å². The van der Waals surface area contributed by atoms with Gasteiger partial charge in [0.15, 0.2) is 17.7 Å². The van der Waals surface area contributed by atoms with E-state index in [0.717, 1.165) is 9.35 Å². The summed E-state index contributed by atoms with van der Waals surface area (Å²) in [6.45, 7) is 3.71. The topological polar surface area (TPSA) is 131 Å². The highest BCUT2D eigenvalue weighted by molar-refractivity contribution is 9.10. The van der Waals surface area contributed by atoms with Gasteiger partial charge in [-0.05, 0) is 58.9 Å². The van der Waals surface area contributed by atoms with Gasteiger partial charge in [0, 0.05) is 10.2 Å². The SMILES string of the molecule is CCOc1cc([C@@H]2NC(=O)NC(C)=C2C(=O)OC)ccc1OC[C@H](O)N/N=C\c1sccc1Br. The minimum Gasteiger partial charge on any atom is -0.490 e. The molecular weight excluding hydrogens is 528 g/mol. The third-order valence-corrected chi connectivity index (χ3v) is 6.53. The van der Waals surface area contributed by atoms with E-state index in [9.17, 15) is 14.7 Å². The molecule has 182 valence electrons. The molecule has 0 fully saturated rings. The van der Waals surface area contributed by atoms with Gasteiger partial charge < -0.3 is 30.0 Å². The zero-order valence-corrected chi connectivity index (χ0v) is 21.2. The van der Waals surface area contributed by atoms with Crippen LogP contribution >= 0.6 is 27.3 Å². The largest absolute Gasteiger partial charge is 0.490 e. The van der Waals surface area contributed by atoms with Gasteiger partial charge in [-0.3, -0.25) is 5.43 Å². The summed E-state index contributed by atoms with van der Waals surface area (Å²) in [4.78, 5) is 25.3. The van der Waals surface area contributed by atoms with E-state index in [1.165, 1.54) is 18.4 Å². The number of methoxy groups -OCH3 is 1. The van der Waals surface area contributed by atoms with Crippen molar-refractivity contribution in [2.45, 2.75) is 26.1 Å². The molecule has 12 heteroatoms. The molecule has 0 unspecified atom stereocenters. The Kier molecular flexibility index (Phi) is 8.91. The minimum atomic E-state index is -1.07. The number of nitrogens with one attached hydrogen (secondary N) is 3. The molecule has 1 aliphatic heterocycles. The lowest BCUT2D eigenvalue weighted by Crippen LogP contribution is -2.45. The van der Waals surface area contributed by atoms with Crippen LogP contribution in [0.1, 0.15) is 30.3 Å². The summed E-state index contributed by atoms with van der Waals surface area (Å²) in [5.41, 5.74) is 3.90. The number of halogens is 1. The van der Waals surface area contributed by atoms with Crippen molar-refractivity contribution in [2.24, 2.45) is 5.10 Å². The van der Waals surface area contributed by atoms with Crippen molar-refractivity contribution in [3.05, 3.63) is 55.8 Å². The van der Waals surface area contributed by atoms with Crippen molar-refractivity contribution in [3.8, 4) is 11.5 Å². The molecule has 0 bridgehead atoms. The monoisotopic (exact) mass is 552 g/mol. The number of hydrazone groups is 1. The van der Waals surface area contributed by atoms with Gasteiger partial charge in [-0.25, -0.2) is 9.59 Å². The van der Waals surface area contributed by atoms with Gasteiger partial charge in [0.2, 0.25) is 0 Å². The van der Waals surface area contributed by atoms with Crippen LogP contribution in [0.25, 0.3) is 0 Å². The maximum absolute atomic E-state index is 12.3. The van der Waals surface area contributed by atoms with E-state index in [1.807, 2.05) is 18.4 Å².